The Morgan fingerprint density at radius 1 is 1.26 bits per heavy atom. The summed E-state index contributed by atoms with van der Waals surface area (Å²) in [5.41, 5.74) is 2.19. The van der Waals surface area contributed by atoms with Crippen LogP contribution in [0.3, 0.4) is 0 Å². The Morgan fingerprint density at radius 2 is 2.05 bits per heavy atom. The number of hydrogen-bond donors (Lipinski definition) is 1. The van der Waals surface area contributed by atoms with Crippen molar-refractivity contribution in [1.29, 1.82) is 0 Å². The fourth-order valence-electron chi connectivity index (χ4n) is 2.07. The first-order valence-electron chi connectivity index (χ1n) is 5.96. The van der Waals surface area contributed by atoms with Crippen molar-refractivity contribution in [2.75, 3.05) is 7.05 Å². The van der Waals surface area contributed by atoms with Crippen LogP contribution in [0.4, 0.5) is 4.39 Å². The second-order valence-corrected chi connectivity index (χ2v) is 6.54. The molecule has 2 rings (SSSR count). The molecule has 0 fully saturated rings. The molecule has 0 aliphatic heterocycles. The van der Waals surface area contributed by atoms with Crippen LogP contribution < -0.4 is 5.32 Å². The van der Waals surface area contributed by atoms with E-state index in [1.54, 1.807) is 6.07 Å². The zero-order valence-corrected chi connectivity index (χ0v) is 14.2. The summed E-state index contributed by atoms with van der Waals surface area (Å²) in [6, 6.07) is 13.6. The Morgan fingerprint density at radius 3 is 2.68 bits per heavy atom. The third-order valence-electron chi connectivity index (χ3n) is 2.96. The van der Waals surface area contributed by atoms with E-state index in [2.05, 4.69) is 62.0 Å². The van der Waals surface area contributed by atoms with Crippen LogP contribution >= 0.6 is 38.5 Å². The van der Waals surface area contributed by atoms with Crippen LogP contribution in [0.5, 0.6) is 0 Å². The molecular weight excluding hydrogens is 420 g/mol. The van der Waals surface area contributed by atoms with E-state index in [0.29, 0.717) is 0 Å². The van der Waals surface area contributed by atoms with Crippen LogP contribution in [0.15, 0.2) is 46.9 Å². The second-order valence-electron chi connectivity index (χ2n) is 4.38. The average molecular weight is 434 g/mol. The molecule has 4 heteroatoms. The van der Waals surface area contributed by atoms with Gasteiger partial charge in [0.05, 0.1) is 0 Å². The fraction of sp³-hybridized carbons (Fsp3) is 0.200. The molecule has 0 radical (unpaired) electrons. The minimum atomic E-state index is -0.207. The summed E-state index contributed by atoms with van der Waals surface area (Å²) in [5, 5.41) is 3.29. The monoisotopic (exact) mass is 433 g/mol. The molecule has 2 aromatic rings. The van der Waals surface area contributed by atoms with Gasteiger partial charge in [0.15, 0.2) is 0 Å². The van der Waals surface area contributed by atoms with Gasteiger partial charge in [0.2, 0.25) is 0 Å². The quantitative estimate of drug-likeness (QED) is 0.689. The Balaban J connectivity index is 2.23. The van der Waals surface area contributed by atoms with Gasteiger partial charge in [-0.1, -0.05) is 28.1 Å². The van der Waals surface area contributed by atoms with Crippen molar-refractivity contribution in [2.45, 2.75) is 12.5 Å². The lowest BCUT2D eigenvalue weighted by atomic mass is 9.99. The van der Waals surface area contributed by atoms with Crippen LogP contribution in [-0.4, -0.2) is 7.05 Å². The van der Waals surface area contributed by atoms with Crippen molar-refractivity contribution < 1.29 is 4.39 Å². The van der Waals surface area contributed by atoms with Gasteiger partial charge in [0.25, 0.3) is 0 Å². The number of likely N-dealkylation sites (N-methyl/N-ethyl adjacent to an activating group) is 1. The minimum absolute atomic E-state index is 0.184. The lowest BCUT2D eigenvalue weighted by Gasteiger charge is -2.17. The van der Waals surface area contributed by atoms with E-state index in [9.17, 15) is 4.39 Å². The molecule has 1 unspecified atom stereocenters. The van der Waals surface area contributed by atoms with E-state index in [4.69, 9.17) is 0 Å². The summed E-state index contributed by atoms with van der Waals surface area (Å²) in [6.07, 6.45) is 0.757. The van der Waals surface area contributed by atoms with Crippen molar-refractivity contribution >= 4 is 38.5 Å². The highest BCUT2D eigenvalue weighted by Gasteiger charge is 2.11. The highest BCUT2D eigenvalue weighted by atomic mass is 127. The van der Waals surface area contributed by atoms with Gasteiger partial charge in [-0.2, -0.15) is 0 Å². The summed E-state index contributed by atoms with van der Waals surface area (Å²) in [4.78, 5) is 0. The van der Waals surface area contributed by atoms with Gasteiger partial charge in [-0.3, -0.25) is 0 Å². The normalized spacial score (nSPS) is 12.4. The van der Waals surface area contributed by atoms with Crippen molar-refractivity contribution in [2.24, 2.45) is 0 Å². The molecular formula is C15H14BrFIN. The third-order valence-corrected chi connectivity index (χ3v) is 4.09. The topological polar surface area (TPSA) is 12.0 Å². The first-order valence-corrected chi connectivity index (χ1v) is 7.83. The molecule has 1 atom stereocenters. The standard InChI is InChI=1S/C15H14BrFIN/c1-19-15(11-3-2-4-14(18)8-11)7-10-5-12(16)9-13(17)6-10/h2-6,8-9,15,19H,7H2,1H3. The highest BCUT2D eigenvalue weighted by molar-refractivity contribution is 14.1. The van der Waals surface area contributed by atoms with E-state index < -0.39 is 0 Å². The number of hydrogen-bond acceptors (Lipinski definition) is 1. The molecule has 100 valence electrons. The molecule has 0 bridgehead atoms. The molecule has 19 heavy (non-hydrogen) atoms. The first kappa shape index (κ1) is 14.9. The van der Waals surface area contributed by atoms with Gasteiger partial charge >= 0.3 is 0 Å². The minimum Gasteiger partial charge on any atom is -0.313 e. The summed E-state index contributed by atoms with van der Waals surface area (Å²) in [5.74, 6) is -0.207. The van der Waals surface area contributed by atoms with Gasteiger partial charge in [-0.05, 0) is 77.5 Å². The number of rotatable bonds is 4. The summed E-state index contributed by atoms with van der Waals surface area (Å²) < 4.78 is 15.4. The Bertz CT molecular complexity index is 554. The molecule has 1 nitrogen and oxygen atoms in total. The number of halogens is 3. The molecule has 0 amide bonds. The fourth-order valence-corrected chi connectivity index (χ4v) is 3.15. The Kier molecular flexibility index (Phi) is 5.36. The van der Waals surface area contributed by atoms with Gasteiger partial charge in [0, 0.05) is 14.1 Å². The largest absolute Gasteiger partial charge is 0.313 e. The Labute approximate surface area is 134 Å². The first-order chi connectivity index (χ1) is 9.08. The maximum absolute atomic E-state index is 13.4. The highest BCUT2D eigenvalue weighted by Crippen LogP contribution is 2.22. The van der Waals surface area contributed by atoms with Crippen molar-refractivity contribution in [1.82, 2.24) is 5.32 Å². The molecule has 0 saturated heterocycles. The van der Waals surface area contributed by atoms with E-state index in [0.717, 1.165) is 16.5 Å². The lowest BCUT2D eigenvalue weighted by Crippen LogP contribution is -2.19. The molecule has 0 saturated carbocycles. The molecule has 0 aliphatic carbocycles. The third kappa shape index (κ3) is 4.26. The van der Waals surface area contributed by atoms with Gasteiger partial charge in [-0.15, -0.1) is 0 Å². The van der Waals surface area contributed by atoms with Crippen LogP contribution in [-0.2, 0) is 6.42 Å². The zero-order valence-electron chi connectivity index (χ0n) is 10.5. The molecule has 0 heterocycles. The SMILES string of the molecule is CNC(Cc1cc(F)cc(Br)c1)c1cccc(I)c1. The van der Waals surface area contributed by atoms with Crippen molar-refractivity contribution in [3.63, 3.8) is 0 Å². The smallest absolute Gasteiger partial charge is 0.124 e. The summed E-state index contributed by atoms with van der Waals surface area (Å²) in [7, 11) is 1.93. The number of nitrogens with one attached hydrogen (secondary N) is 1. The predicted octanol–water partition coefficient (Wildman–Crippen LogP) is 4.70. The molecule has 0 aliphatic rings. The van der Waals surface area contributed by atoms with Crippen molar-refractivity contribution in [3.05, 3.63) is 67.5 Å². The summed E-state index contributed by atoms with van der Waals surface area (Å²) in [6.45, 7) is 0. The molecule has 2 aromatic carbocycles. The zero-order chi connectivity index (χ0) is 13.8. The molecule has 0 spiro atoms. The van der Waals surface area contributed by atoms with E-state index in [-0.39, 0.29) is 11.9 Å². The van der Waals surface area contributed by atoms with Crippen LogP contribution in [0, 0.1) is 9.39 Å². The predicted molar refractivity (Wildman–Crippen MR) is 88.8 cm³/mol. The summed E-state index contributed by atoms with van der Waals surface area (Å²) >= 11 is 5.63. The van der Waals surface area contributed by atoms with Crippen molar-refractivity contribution in [3.8, 4) is 0 Å². The lowest BCUT2D eigenvalue weighted by molar-refractivity contribution is 0.583. The number of benzene rings is 2. The van der Waals surface area contributed by atoms with Gasteiger partial charge in [-0.25, -0.2) is 4.39 Å². The van der Waals surface area contributed by atoms with Gasteiger partial charge in [0.1, 0.15) is 5.82 Å². The van der Waals surface area contributed by atoms with E-state index in [1.807, 2.05) is 19.2 Å². The molecule has 1 N–H and O–H groups in total. The van der Waals surface area contributed by atoms with Crippen LogP contribution in [0.2, 0.25) is 0 Å². The maximum atomic E-state index is 13.4. The van der Waals surface area contributed by atoms with Gasteiger partial charge < -0.3 is 5.32 Å². The van der Waals surface area contributed by atoms with Crippen LogP contribution in [0.25, 0.3) is 0 Å². The van der Waals surface area contributed by atoms with E-state index >= 15 is 0 Å². The van der Waals surface area contributed by atoms with E-state index in [1.165, 1.54) is 15.2 Å². The Hall–Kier alpha value is -0.460. The van der Waals surface area contributed by atoms with Crippen LogP contribution in [0.1, 0.15) is 17.2 Å². The average Bonchev–Trinajstić information content (AvgIpc) is 2.34. The molecule has 0 aromatic heterocycles. The maximum Gasteiger partial charge on any atom is 0.124 e. The second kappa shape index (κ2) is 6.81.